The summed E-state index contributed by atoms with van der Waals surface area (Å²) in [5.41, 5.74) is 7.03. The number of nitrogen functional groups attached to an aromatic ring is 1. The van der Waals surface area contributed by atoms with Gasteiger partial charge in [0, 0.05) is 15.9 Å². The molecule has 0 amide bonds. The van der Waals surface area contributed by atoms with E-state index in [-0.39, 0.29) is 17.1 Å². The fourth-order valence-electron chi connectivity index (χ4n) is 1.56. The summed E-state index contributed by atoms with van der Waals surface area (Å²) in [4.78, 5) is 1.09. The zero-order valence-corrected chi connectivity index (χ0v) is 13.4. The second kappa shape index (κ2) is 5.62. The van der Waals surface area contributed by atoms with E-state index in [1.165, 1.54) is 17.4 Å². The Morgan fingerprint density at radius 2 is 2.11 bits per heavy atom. The number of nitrogens with two attached hydrogens (primary N) is 1. The first kappa shape index (κ1) is 14.5. The molecule has 0 aliphatic heterocycles. The minimum Gasteiger partial charge on any atom is -0.398 e. The Bertz CT molecular complexity index is 696. The maximum atomic E-state index is 12.2. The predicted molar refractivity (Wildman–Crippen MR) is 81.6 cm³/mol. The van der Waals surface area contributed by atoms with E-state index < -0.39 is 10.0 Å². The van der Waals surface area contributed by atoms with Crippen molar-refractivity contribution >= 4 is 43.0 Å². The second-order valence-corrected chi connectivity index (χ2v) is 7.69. The molecule has 2 rings (SSSR count). The van der Waals surface area contributed by atoms with Gasteiger partial charge >= 0.3 is 0 Å². The summed E-state index contributed by atoms with van der Waals surface area (Å²) in [6.07, 6.45) is 0. The number of rotatable bonds is 4. The van der Waals surface area contributed by atoms with Crippen LogP contribution in [0, 0.1) is 6.92 Å². The number of halogens is 1. The van der Waals surface area contributed by atoms with Crippen LogP contribution >= 0.6 is 27.3 Å². The number of nitrogens with one attached hydrogen (secondary N) is 1. The van der Waals surface area contributed by atoms with Crippen molar-refractivity contribution < 1.29 is 8.42 Å². The monoisotopic (exact) mass is 360 g/mol. The standard InChI is InChI=1S/C12H13BrN2O2S2/c1-8-4-5-18-11(8)7-15-19(16,17)12-6-9(13)2-3-10(12)14/h2-6,15H,7,14H2,1H3. The van der Waals surface area contributed by atoms with Gasteiger partial charge in [-0.05, 0) is 42.1 Å². The van der Waals surface area contributed by atoms with Gasteiger partial charge in [-0.1, -0.05) is 15.9 Å². The van der Waals surface area contributed by atoms with Crippen LogP contribution in [-0.2, 0) is 16.6 Å². The average molecular weight is 361 g/mol. The van der Waals surface area contributed by atoms with E-state index in [1.807, 2.05) is 18.4 Å². The van der Waals surface area contributed by atoms with Crippen molar-refractivity contribution in [1.29, 1.82) is 0 Å². The van der Waals surface area contributed by atoms with E-state index in [1.54, 1.807) is 12.1 Å². The van der Waals surface area contributed by atoms with Gasteiger partial charge in [0.05, 0.1) is 5.69 Å². The van der Waals surface area contributed by atoms with Gasteiger partial charge in [0.2, 0.25) is 10.0 Å². The summed E-state index contributed by atoms with van der Waals surface area (Å²) in [6.45, 7) is 2.23. The van der Waals surface area contributed by atoms with Gasteiger partial charge in [-0.25, -0.2) is 13.1 Å². The summed E-state index contributed by atoms with van der Waals surface area (Å²) in [6, 6.07) is 6.73. The van der Waals surface area contributed by atoms with Crippen molar-refractivity contribution in [3.8, 4) is 0 Å². The molecule has 2 aromatic rings. The molecule has 4 nitrogen and oxygen atoms in total. The number of hydrogen-bond donors (Lipinski definition) is 2. The molecule has 0 fully saturated rings. The molecule has 0 aliphatic carbocycles. The normalized spacial score (nSPS) is 11.7. The number of benzene rings is 1. The SMILES string of the molecule is Cc1ccsc1CNS(=O)(=O)c1cc(Br)ccc1N. The average Bonchev–Trinajstić information content (AvgIpc) is 2.75. The van der Waals surface area contributed by atoms with Crippen molar-refractivity contribution in [2.24, 2.45) is 0 Å². The highest BCUT2D eigenvalue weighted by molar-refractivity contribution is 9.10. The van der Waals surface area contributed by atoms with Crippen LogP contribution in [0.2, 0.25) is 0 Å². The van der Waals surface area contributed by atoms with Crippen molar-refractivity contribution in [3.05, 3.63) is 44.6 Å². The van der Waals surface area contributed by atoms with Crippen LogP contribution in [0.5, 0.6) is 0 Å². The Morgan fingerprint density at radius 1 is 1.37 bits per heavy atom. The van der Waals surface area contributed by atoms with Gasteiger partial charge in [-0.15, -0.1) is 11.3 Å². The number of sulfonamides is 1. The summed E-state index contributed by atoms with van der Waals surface area (Å²) >= 11 is 4.77. The molecule has 19 heavy (non-hydrogen) atoms. The number of hydrogen-bond acceptors (Lipinski definition) is 4. The molecule has 1 aromatic carbocycles. The van der Waals surface area contributed by atoms with E-state index in [0.717, 1.165) is 10.4 Å². The van der Waals surface area contributed by atoms with Crippen molar-refractivity contribution in [3.63, 3.8) is 0 Å². The molecular weight excluding hydrogens is 348 g/mol. The van der Waals surface area contributed by atoms with Crippen LogP contribution < -0.4 is 10.5 Å². The Kier molecular flexibility index (Phi) is 4.29. The van der Waals surface area contributed by atoms with E-state index in [2.05, 4.69) is 20.7 Å². The van der Waals surface area contributed by atoms with Gasteiger partial charge in [-0.3, -0.25) is 0 Å². The molecule has 0 saturated heterocycles. The molecule has 0 aliphatic rings. The number of thiophene rings is 1. The van der Waals surface area contributed by atoms with Crippen LogP contribution in [0.4, 0.5) is 5.69 Å². The van der Waals surface area contributed by atoms with Crippen LogP contribution in [0.1, 0.15) is 10.4 Å². The minimum absolute atomic E-state index is 0.0936. The van der Waals surface area contributed by atoms with Gasteiger partial charge in [0.1, 0.15) is 4.90 Å². The first-order valence-corrected chi connectivity index (χ1v) is 8.63. The Morgan fingerprint density at radius 3 is 2.74 bits per heavy atom. The Hall–Kier alpha value is -0.890. The lowest BCUT2D eigenvalue weighted by molar-refractivity contribution is 0.582. The molecule has 102 valence electrons. The molecule has 0 radical (unpaired) electrons. The van der Waals surface area contributed by atoms with Gasteiger partial charge < -0.3 is 5.73 Å². The van der Waals surface area contributed by atoms with Crippen LogP contribution in [0.15, 0.2) is 39.0 Å². The van der Waals surface area contributed by atoms with Gasteiger partial charge in [0.15, 0.2) is 0 Å². The first-order valence-electron chi connectivity index (χ1n) is 5.48. The quantitative estimate of drug-likeness (QED) is 0.823. The van der Waals surface area contributed by atoms with E-state index in [9.17, 15) is 8.42 Å². The van der Waals surface area contributed by atoms with E-state index in [4.69, 9.17) is 5.73 Å². The smallest absolute Gasteiger partial charge is 0.242 e. The van der Waals surface area contributed by atoms with Gasteiger partial charge in [0.25, 0.3) is 0 Å². The zero-order valence-electron chi connectivity index (χ0n) is 10.2. The van der Waals surface area contributed by atoms with Crippen molar-refractivity contribution in [1.82, 2.24) is 4.72 Å². The summed E-state index contributed by atoms with van der Waals surface area (Å²) in [5.74, 6) is 0. The molecule has 7 heteroatoms. The van der Waals surface area contributed by atoms with Crippen LogP contribution in [0.25, 0.3) is 0 Å². The highest BCUT2D eigenvalue weighted by atomic mass is 79.9. The third-order valence-corrected chi connectivity index (χ3v) is 5.63. The zero-order chi connectivity index (χ0) is 14.0. The number of anilines is 1. The maximum Gasteiger partial charge on any atom is 0.242 e. The first-order chi connectivity index (χ1) is 8.90. The highest BCUT2D eigenvalue weighted by Gasteiger charge is 2.18. The molecular formula is C12H13BrN2O2S2. The molecule has 0 spiro atoms. The molecule has 1 aromatic heterocycles. The summed E-state index contributed by atoms with van der Waals surface area (Å²) in [7, 11) is -3.60. The van der Waals surface area contributed by atoms with Crippen LogP contribution in [-0.4, -0.2) is 8.42 Å². The van der Waals surface area contributed by atoms with Crippen LogP contribution in [0.3, 0.4) is 0 Å². The lowest BCUT2D eigenvalue weighted by Crippen LogP contribution is -2.24. The lowest BCUT2D eigenvalue weighted by Gasteiger charge is -2.09. The molecule has 3 N–H and O–H groups in total. The predicted octanol–water partition coefficient (Wildman–Crippen LogP) is 2.88. The van der Waals surface area contributed by atoms with Gasteiger partial charge in [-0.2, -0.15) is 0 Å². The topological polar surface area (TPSA) is 72.2 Å². The van der Waals surface area contributed by atoms with E-state index >= 15 is 0 Å². The third-order valence-electron chi connectivity index (χ3n) is 2.66. The highest BCUT2D eigenvalue weighted by Crippen LogP contribution is 2.23. The maximum absolute atomic E-state index is 12.2. The molecule has 0 unspecified atom stereocenters. The second-order valence-electron chi connectivity index (χ2n) is 4.03. The van der Waals surface area contributed by atoms with Crippen molar-refractivity contribution in [2.45, 2.75) is 18.4 Å². The number of aryl methyl sites for hydroxylation is 1. The largest absolute Gasteiger partial charge is 0.398 e. The molecule has 0 atom stereocenters. The third kappa shape index (κ3) is 3.36. The van der Waals surface area contributed by atoms with Crippen molar-refractivity contribution in [2.75, 3.05) is 5.73 Å². The lowest BCUT2D eigenvalue weighted by atomic mass is 10.3. The molecule has 0 saturated carbocycles. The summed E-state index contributed by atoms with van der Waals surface area (Å²) < 4.78 is 27.7. The minimum atomic E-state index is -3.60. The Balaban J connectivity index is 2.23. The van der Waals surface area contributed by atoms with E-state index in [0.29, 0.717) is 4.47 Å². The molecule has 1 heterocycles. The summed E-state index contributed by atoms with van der Waals surface area (Å²) in [5, 5.41) is 1.94. The molecule has 0 bridgehead atoms. The Labute approximate surface area is 124 Å². The fourth-order valence-corrected chi connectivity index (χ4v) is 4.16. The fraction of sp³-hybridized carbons (Fsp3) is 0.167.